The minimum absolute atomic E-state index is 0.407. The molecule has 1 aromatic rings. The molecule has 0 aliphatic carbocycles. The molecule has 1 fully saturated rings. The molecule has 2 heterocycles. The first-order valence-electron chi connectivity index (χ1n) is 5.84. The van der Waals surface area contributed by atoms with E-state index in [2.05, 4.69) is 23.3 Å². The zero-order chi connectivity index (χ0) is 11.8. The molecule has 3 rings (SSSR count). The standard InChI is InChI=1S/C13H14N2S2/c1-17-12-11-7-4-8-15(11)13(16)9-5-2-3-6-10(9)14-12/h2-3,5-6,11H,4,7-8H2,1H3/t11-/m0/s1. The molecule has 1 aromatic carbocycles. The normalized spacial score (nSPS) is 22.9. The molecule has 2 aliphatic heterocycles. The number of rotatable bonds is 0. The van der Waals surface area contributed by atoms with Crippen LogP contribution in [0, 0.1) is 0 Å². The van der Waals surface area contributed by atoms with Crippen LogP contribution in [0.25, 0.3) is 0 Å². The SMILES string of the molecule is CSC1=Nc2ccccc2C(=S)N2CCC[C@@H]12. The van der Waals surface area contributed by atoms with E-state index in [9.17, 15) is 0 Å². The van der Waals surface area contributed by atoms with Gasteiger partial charge in [0.25, 0.3) is 0 Å². The first-order valence-corrected chi connectivity index (χ1v) is 7.47. The van der Waals surface area contributed by atoms with Crippen molar-refractivity contribution >= 4 is 39.7 Å². The number of hydrogen-bond donors (Lipinski definition) is 0. The lowest BCUT2D eigenvalue weighted by molar-refractivity contribution is 0.481. The van der Waals surface area contributed by atoms with Gasteiger partial charge in [0.1, 0.15) is 4.99 Å². The predicted octanol–water partition coefficient (Wildman–Crippen LogP) is 3.23. The van der Waals surface area contributed by atoms with E-state index in [0.717, 1.165) is 22.8 Å². The van der Waals surface area contributed by atoms with E-state index in [4.69, 9.17) is 17.2 Å². The molecule has 2 nitrogen and oxygen atoms in total. The number of thioether (sulfide) groups is 1. The quantitative estimate of drug-likeness (QED) is 0.668. The van der Waals surface area contributed by atoms with Gasteiger partial charge in [-0.1, -0.05) is 24.4 Å². The lowest BCUT2D eigenvalue weighted by Gasteiger charge is -2.25. The van der Waals surface area contributed by atoms with Crippen LogP contribution in [0.2, 0.25) is 0 Å². The minimum atomic E-state index is 0.407. The Morgan fingerprint density at radius 1 is 1.41 bits per heavy atom. The molecule has 0 bridgehead atoms. The molecule has 2 aliphatic rings. The molecule has 0 N–H and O–H groups in total. The van der Waals surface area contributed by atoms with Crippen LogP contribution >= 0.6 is 24.0 Å². The van der Waals surface area contributed by atoms with E-state index in [1.165, 1.54) is 17.9 Å². The first-order chi connectivity index (χ1) is 8.31. The number of aliphatic imine (C=N–C) groups is 1. The first kappa shape index (κ1) is 11.2. The molecule has 0 unspecified atom stereocenters. The van der Waals surface area contributed by atoms with Crippen LogP contribution in [0.15, 0.2) is 29.3 Å². The van der Waals surface area contributed by atoms with E-state index in [0.29, 0.717) is 6.04 Å². The van der Waals surface area contributed by atoms with Crippen LogP contribution in [0.1, 0.15) is 18.4 Å². The number of thiocarbonyl (C=S) groups is 1. The van der Waals surface area contributed by atoms with E-state index in [1.54, 1.807) is 11.8 Å². The van der Waals surface area contributed by atoms with Gasteiger partial charge in [-0.2, -0.15) is 0 Å². The lowest BCUT2D eigenvalue weighted by atomic mass is 10.1. The maximum Gasteiger partial charge on any atom is 0.111 e. The zero-order valence-corrected chi connectivity index (χ0v) is 11.4. The van der Waals surface area contributed by atoms with Crippen molar-refractivity contribution in [3.8, 4) is 0 Å². The van der Waals surface area contributed by atoms with Gasteiger partial charge in [0.05, 0.1) is 16.8 Å². The van der Waals surface area contributed by atoms with Crippen molar-refractivity contribution in [1.82, 2.24) is 4.90 Å². The highest BCUT2D eigenvalue weighted by atomic mass is 32.2. The molecule has 0 amide bonds. The third-order valence-electron chi connectivity index (χ3n) is 3.37. The number of hydrogen-bond acceptors (Lipinski definition) is 3. The Balaban J connectivity index is 2.15. The van der Waals surface area contributed by atoms with Crippen molar-refractivity contribution in [1.29, 1.82) is 0 Å². The van der Waals surface area contributed by atoms with E-state index in [1.807, 2.05) is 12.1 Å². The van der Waals surface area contributed by atoms with Crippen molar-refractivity contribution < 1.29 is 0 Å². The zero-order valence-electron chi connectivity index (χ0n) is 9.72. The largest absolute Gasteiger partial charge is 0.353 e. The Hall–Kier alpha value is -0.870. The molecule has 0 radical (unpaired) electrons. The van der Waals surface area contributed by atoms with Crippen molar-refractivity contribution in [3.63, 3.8) is 0 Å². The van der Waals surface area contributed by atoms with E-state index in [-0.39, 0.29) is 0 Å². The van der Waals surface area contributed by atoms with Crippen molar-refractivity contribution in [3.05, 3.63) is 29.8 Å². The maximum absolute atomic E-state index is 5.63. The fourth-order valence-corrected chi connectivity index (χ4v) is 3.65. The monoisotopic (exact) mass is 262 g/mol. The lowest BCUT2D eigenvalue weighted by Crippen LogP contribution is -2.37. The van der Waals surface area contributed by atoms with E-state index < -0.39 is 0 Å². The van der Waals surface area contributed by atoms with Crippen LogP contribution in [0.4, 0.5) is 5.69 Å². The summed E-state index contributed by atoms with van der Waals surface area (Å²) < 4.78 is 0. The summed E-state index contributed by atoms with van der Waals surface area (Å²) in [7, 11) is 0. The summed E-state index contributed by atoms with van der Waals surface area (Å²) in [6, 6.07) is 8.61. The topological polar surface area (TPSA) is 15.6 Å². The summed E-state index contributed by atoms with van der Waals surface area (Å²) in [6.45, 7) is 1.07. The van der Waals surface area contributed by atoms with Gasteiger partial charge in [0, 0.05) is 12.1 Å². The molecule has 0 spiro atoms. The number of benzene rings is 1. The van der Waals surface area contributed by atoms with Crippen LogP contribution in [0.3, 0.4) is 0 Å². The molecule has 17 heavy (non-hydrogen) atoms. The molecule has 88 valence electrons. The third-order valence-corrected chi connectivity index (χ3v) is 4.61. The number of para-hydroxylation sites is 1. The highest BCUT2D eigenvalue weighted by Crippen LogP contribution is 2.33. The van der Waals surface area contributed by atoms with Gasteiger partial charge in [0.2, 0.25) is 0 Å². The van der Waals surface area contributed by atoms with Gasteiger partial charge in [0.15, 0.2) is 0 Å². The Kier molecular flexibility index (Phi) is 2.92. The van der Waals surface area contributed by atoms with Crippen molar-refractivity contribution in [2.75, 3.05) is 12.8 Å². The molecule has 0 saturated carbocycles. The molecule has 1 atom stereocenters. The average molecular weight is 262 g/mol. The van der Waals surface area contributed by atoms with Crippen LogP contribution in [-0.4, -0.2) is 33.8 Å². The molecular weight excluding hydrogens is 248 g/mol. The second-order valence-corrected chi connectivity index (χ2v) is 5.54. The number of fused-ring (bicyclic) bond motifs is 2. The van der Waals surface area contributed by atoms with E-state index >= 15 is 0 Å². The molecular formula is C13H14N2S2. The summed E-state index contributed by atoms with van der Waals surface area (Å²) in [5.41, 5.74) is 2.13. The fourth-order valence-electron chi connectivity index (χ4n) is 2.55. The Morgan fingerprint density at radius 3 is 3.06 bits per heavy atom. The fraction of sp³-hybridized carbons (Fsp3) is 0.385. The van der Waals surface area contributed by atoms with Crippen molar-refractivity contribution in [2.24, 2.45) is 4.99 Å². The maximum atomic E-state index is 5.63. The van der Waals surface area contributed by atoms with Gasteiger partial charge in [-0.3, -0.25) is 0 Å². The minimum Gasteiger partial charge on any atom is -0.353 e. The van der Waals surface area contributed by atoms with Crippen LogP contribution in [0.5, 0.6) is 0 Å². The van der Waals surface area contributed by atoms with Crippen LogP contribution < -0.4 is 0 Å². The average Bonchev–Trinajstić information content (AvgIpc) is 2.81. The van der Waals surface area contributed by atoms with Crippen LogP contribution in [-0.2, 0) is 0 Å². The Labute approximate surface area is 111 Å². The Bertz CT molecular complexity index is 496. The molecule has 4 heteroatoms. The van der Waals surface area contributed by atoms with Gasteiger partial charge in [-0.15, -0.1) is 11.8 Å². The van der Waals surface area contributed by atoms with Gasteiger partial charge in [-0.25, -0.2) is 4.99 Å². The number of nitrogens with zero attached hydrogens (tertiary/aromatic N) is 2. The highest BCUT2D eigenvalue weighted by molar-refractivity contribution is 8.13. The molecule has 0 aromatic heterocycles. The second kappa shape index (κ2) is 4.42. The second-order valence-electron chi connectivity index (χ2n) is 4.33. The third kappa shape index (κ3) is 1.79. The van der Waals surface area contributed by atoms with Gasteiger partial charge >= 0.3 is 0 Å². The molecule has 1 saturated heterocycles. The van der Waals surface area contributed by atoms with Gasteiger partial charge in [-0.05, 0) is 31.2 Å². The van der Waals surface area contributed by atoms with Crippen molar-refractivity contribution in [2.45, 2.75) is 18.9 Å². The Morgan fingerprint density at radius 2 is 2.24 bits per heavy atom. The predicted molar refractivity (Wildman–Crippen MR) is 78.5 cm³/mol. The highest BCUT2D eigenvalue weighted by Gasteiger charge is 2.33. The summed E-state index contributed by atoms with van der Waals surface area (Å²) >= 11 is 7.38. The summed E-state index contributed by atoms with van der Waals surface area (Å²) in [5, 5.41) is 1.20. The van der Waals surface area contributed by atoms with Gasteiger partial charge < -0.3 is 4.90 Å². The smallest absolute Gasteiger partial charge is 0.111 e. The summed E-state index contributed by atoms with van der Waals surface area (Å²) in [6.07, 6.45) is 4.49. The summed E-state index contributed by atoms with van der Waals surface area (Å²) in [5.74, 6) is 0. The summed E-state index contributed by atoms with van der Waals surface area (Å²) in [4.78, 5) is 8.11.